The van der Waals surface area contributed by atoms with Gasteiger partial charge < -0.3 is 10.6 Å². The molecule has 0 heterocycles. The summed E-state index contributed by atoms with van der Waals surface area (Å²) >= 11 is 0. The maximum absolute atomic E-state index is 12.3. The third-order valence-electron chi connectivity index (χ3n) is 3.36. The Balaban J connectivity index is 3.28. The highest BCUT2D eigenvalue weighted by Crippen LogP contribution is 2.30. The first-order chi connectivity index (χ1) is 11.4. The summed E-state index contributed by atoms with van der Waals surface area (Å²) < 4.78 is 0. The molecule has 0 aromatic heterocycles. The van der Waals surface area contributed by atoms with Crippen molar-refractivity contribution >= 4 is 28.9 Å². The predicted molar refractivity (Wildman–Crippen MR) is 101 cm³/mol. The summed E-state index contributed by atoms with van der Waals surface area (Å²) in [5, 5.41) is 9.12. The average molecular weight is 343 g/mol. The molecular formula is C18H25N5O2. The highest BCUT2D eigenvalue weighted by atomic mass is 16.2. The highest BCUT2D eigenvalue weighted by Gasteiger charge is 2.24. The molecular weight excluding hydrogens is 318 g/mol. The van der Waals surface area contributed by atoms with Gasteiger partial charge >= 0.3 is 0 Å². The molecule has 0 bridgehead atoms. The molecule has 1 aromatic carbocycles. The van der Waals surface area contributed by atoms with Gasteiger partial charge in [-0.2, -0.15) is 0 Å². The second-order valence-corrected chi connectivity index (χ2v) is 7.80. The quantitative estimate of drug-likeness (QED) is 0.459. The number of nitrogens with zero attached hydrogens (tertiary/aromatic N) is 3. The van der Waals surface area contributed by atoms with Crippen LogP contribution in [-0.4, -0.2) is 11.8 Å². The molecule has 0 aliphatic carbocycles. The zero-order chi connectivity index (χ0) is 19.4. The van der Waals surface area contributed by atoms with Crippen LogP contribution in [0.3, 0.4) is 0 Å². The summed E-state index contributed by atoms with van der Waals surface area (Å²) in [6, 6.07) is 4.94. The molecule has 0 aliphatic heterocycles. The fraction of sp³-hybridized carbons (Fsp3) is 0.444. The van der Waals surface area contributed by atoms with Crippen molar-refractivity contribution in [3.8, 4) is 0 Å². The van der Waals surface area contributed by atoms with Crippen molar-refractivity contribution in [2.24, 2.45) is 15.9 Å². The number of hydrogen-bond acceptors (Lipinski definition) is 3. The monoisotopic (exact) mass is 343 g/mol. The number of carbonyl (C=O) groups is 2. The van der Waals surface area contributed by atoms with Crippen molar-refractivity contribution in [1.82, 2.24) is 0 Å². The van der Waals surface area contributed by atoms with E-state index in [9.17, 15) is 9.59 Å². The number of azide groups is 1. The summed E-state index contributed by atoms with van der Waals surface area (Å²) in [6.07, 6.45) is 0. The highest BCUT2D eigenvalue weighted by molar-refractivity contribution is 5.99. The molecule has 0 saturated heterocycles. The van der Waals surface area contributed by atoms with Crippen LogP contribution in [0.5, 0.6) is 0 Å². The van der Waals surface area contributed by atoms with Crippen LogP contribution < -0.4 is 10.6 Å². The van der Waals surface area contributed by atoms with Gasteiger partial charge in [-0.15, -0.1) is 0 Å². The molecule has 2 amide bonds. The Kier molecular flexibility index (Phi) is 6.00. The SMILES string of the molecule is C=C(N=[N+]=[N-])c1ccc(NC(=O)C(C)(C)C)cc1NC(=O)C(C)(C)C. The molecule has 0 atom stereocenters. The number of anilines is 2. The van der Waals surface area contributed by atoms with Gasteiger partial charge in [-0.05, 0) is 17.7 Å². The molecule has 134 valence electrons. The van der Waals surface area contributed by atoms with E-state index in [1.165, 1.54) is 0 Å². The second-order valence-electron chi connectivity index (χ2n) is 7.80. The van der Waals surface area contributed by atoms with Gasteiger partial charge in [-0.3, -0.25) is 9.59 Å². The zero-order valence-corrected chi connectivity index (χ0v) is 15.6. The fourth-order valence-corrected chi connectivity index (χ4v) is 1.71. The molecule has 25 heavy (non-hydrogen) atoms. The van der Waals surface area contributed by atoms with E-state index in [-0.39, 0.29) is 17.5 Å². The van der Waals surface area contributed by atoms with Gasteiger partial charge in [0.05, 0.1) is 5.69 Å². The topological polar surface area (TPSA) is 107 Å². The van der Waals surface area contributed by atoms with Crippen molar-refractivity contribution < 1.29 is 9.59 Å². The maximum atomic E-state index is 12.3. The van der Waals surface area contributed by atoms with Crippen LogP contribution in [0.4, 0.5) is 11.4 Å². The lowest BCUT2D eigenvalue weighted by atomic mass is 9.95. The lowest BCUT2D eigenvalue weighted by molar-refractivity contribution is -0.123. The number of rotatable bonds is 4. The van der Waals surface area contributed by atoms with Crippen molar-refractivity contribution in [2.75, 3.05) is 10.6 Å². The van der Waals surface area contributed by atoms with Gasteiger partial charge in [0.2, 0.25) is 11.8 Å². The Hall–Kier alpha value is -2.79. The first-order valence-corrected chi connectivity index (χ1v) is 7.87. The summed E-state index contributed by atoms with van der Waals surface area (Å²) in [5.41, 5.74) is 9.07. The summed E-state index contributed by atoms with van der Waals surface area (Å²) in [5.74, 6) is -0.357. The van der Waals surface area contributed by atoms with Gasteiger partial charge in [0.25, 0.3) is 0 Å². The Morgan fingerprint density at radius 1 is 1.04 bits per heavy atom. The molecule has 7 nitrogen and oxygen atoms in total. The van der Waals surface area contributed by atoms with Crippen LogP contribution in [-0.2, 0) is 9.59 Å². The van der Waals surface area contributed by atoms with Gasteiger partial charge in [-0.1, -0.05) is 59.3 Å². The summed E-state index contributed by atoms with van der Waals surface area (Å²) in [4.78, 5) is 27.2. The first-order valence-electron chi connectivity index (χ1n) is 7.87. The van der Waals surface area contributed by atoms with E-state index in [1.54, 1.807) is 39.0 Å². The normalized spacial score (nSPS) is 11.3. The minimum atomic E-state index is -0.609. The molecule has 0 fully saturated rings. The lowest BCUT2D eigenvalue weighted by Crippen LogP contribution is -2.29. The minimum Gasteiger partial charge on any atom is -0.326 e. The van der Waals surface area contributed by atoms with E-state index in [1.807, 2.05) is 20.8 Å². The Bertz CT molecular complexity index is 748. The number of benzene rings is 1. The zero-order valence-electron chi connectivity index (χ0n) is 15.6. The molecule has 0 aliphatic rings. The van der Waals surface area contributed by atoms with Crippen LogP contribution in [0.1, 0.15) is 47.1 Å². The van der Waals surface area contributed by atoms with E-state index in [0.29, 0.717) is 16.9 Å². The van der Waals surface area contributed by atoms with Crippen molar-refractivity contribution in [3.63, 3.8) is 0 Å². The second kappa shape index (κ2) is 7.40. The number of carbonyl (C=O) groups excluding carboxylic acids is 2. The van der Waals surface area contributed by atoms with Gasteiger partial charge in [-0.25, -0.2) is 0 Å². The van der Waals surface area contributed by atoms with E-state index in [2.05, 4.69) is 27.2 Å². The molecule has 1 rings (SSSR count). The van der Waals surface area contributed by atoms with E-state index in [4.69, 9.17) is 5.53 Å². The van der Waals surface area contributed by atoms with Gasteiger partial charge in [0, 0.05) is 32.7 Å². The van der Waals surface area contributed by atoms with Crippen molar-refractivity contribution in [3.05, 3.63) is 40.8 Å². The van der Waals surface area contributed by atoms with E-state index in [0.717, 1.165) is 0 Å². The fourth-order valence-electron chi connectivity index (χ4n) is 1.71. The maximum Gasteiger partial charge on any atom is 0.229 e. The van der Waals surface area contributed by atoms with E-state index < -0.39 is 10.8 Å². The van der Waals surface area contributed by atoms with Gasteiger partial charge in [0.1, 0.15) is 0 Å². The van der Waals surface area contributed by atoms with Crippen LogP contribution in [0, 0.1) is 10.8 Å². The molecule has 7 heteroatoms. The largest absolute Gasteiger partial charge is 0.326 e. The third kappa shape index (κ3) is 5.65. The average Bonchev–Trinajstić information content (AvgIpc) is 2.45. The Labute approximate surface area is 148 Å². The third-order valence-corrected chi connectivity index (χ3v) is 3.36. The standard InChI is InChI=1S/C18H25N5O2/c1-11(22-23-19)13-9-8-12(20-15(24)17(2,3)4)10-14(13)21-16(25)18(5,6)7/h8-10H,1H2,2-7H3,(H,20,24)(H,21,25). The van der Waals surface area contributed by atoms with Crippen LogP contribution in [0.25, 0.3) is 16.1 Å². The van der Waals surface area contributed by atoms with Crippen LogP contribution in [0.15, 0.2) is 29.9 Å². The smallest absolute Gasteiger partial charge is 0.229 e. The van der Waals surface area contributed by atoms with Gasteiger partial charge in [0.15, 0.2) is 0 Å². The number of nitrogens with one attached hydrogen (secondary N) is 2. The summed E-state index contributed by atoms with van der Waals surface area (Å²) in [6.45, 7) is 14.5. The molecule has 0 saturated carbocycles. The first kappa shape index (κ1) is 20.3. The Morgan fingerprint density at radius 2 is 1.56 bits per heavy atom. The minimum absolute atomic E-state index is 0.151. The van der Waals surface area contributed by atoms with Crippen LogP contribution >= 0.6 is 0 Å². The predicted octanol–water partition coefficient (Wildman–Crippen LogP) is 4.94. The molecule has 0 radical (unpaired) electrons. The van der Waals surface area contributed by atoms with Crippen molar-refractivity contribution in [1.29, 1.82) is 0 Å². The molecule has 1 aromatic rings. The summed E-state index contributed by atoms with van der Waals surface area (Å²) in [7, 11) is 0. The molecule has 0 unspecified atom stereocenters. The number of amides is 2. The Morgan fingerprint density at radius 3 is 2.04 bits per heavy atom. The number of hydrogen-bond donors (Lipinski definition) is 2. The molecule has 0 spiro atoms. The molecule has 2 N–H and O–H groups in total. The van der Waals surface area contributed by atoms with Crippen LogP contribution in [0.2, 0.25) is 0 Å². The van der Waals surface area contributed by atoms with E-state index >= 15 is 0 Å². The lowest BCUT2D eigenvalue weighted by Gasteiger charge is -2.21. The van der Waals surface area contributed by atoms with Crippen molar-refractivity contribution in [2.45, 2.75) is 41.5 Å².